The summed E-state index contributed by atoms with van der Waals surface area (Å²) in [4.78, 5) is 28.4. The zero-order chi connectivity index (χ0) is 30.5. The monoisotopic (exact) mass is 607 g/mol. The largest absolute Gasteiger partial charge is 0.462 e. The quantitative estimate of drug-likeness (QED) is 0.237. The van der Waals surface area contributed by atoms with Crippen LogP contribution in [0.2, 0.25) is 0 Å². The minimum Gasteiger partial charge on any atom is -0.462 e. The molecule has 14 heteroatoms. The van der Waals surface area contributed by atoms with Crippen molar-refractivity contribution in [3.63, 3.8) is 0 Å². The maximum absolute atomic E-state index is 14.6. The molecule has 0 aliphatic carbocycles. The van der Waals surface area contributed by atoms with Crippen LogP contribution in [0.3, 0.4) is 0 Å². The summed E-state index contributed by atoms with van der Waals surface area (Å²) in [7, 11) is -3.79. The van der Waals surface area contributed by atoms with Crippen LogP contribution in [0.4, 0.5) is 10.2 Å². The Balaban J connectivity index is 2.27. The minimum atomic E-state index is -3.79. The van der Waals surface area contributed by atoms with Gasteiger partial charge in [-0.2, -0.15) is 4.98 Å². The molecule has 0 aromatic carbocycles. The van der Waals surface area contributed by atoms with Crippen molar-refractivity contribution >= 4 is 31.2 Å². The number of aromatic nitrogens is 2. The van der Waals surface area contributed by atoms with Gasteiger partial charge >= 0.3 is 19.3 Å². The van der Waals surface area contributed by atoms with Crippen LogP contribution < -0.4 is 16.5 Å². The number of carbonyl (C=O) groups excluding carboxylic acids is 1. The second-order valence-corrected chi connectivity index (χ2v) is 16.1. The third kappa shape index (κ3) is 11.1. The molecule has 1 saturated heterocycles. The van der Waals surface area contributed by atoms with E-state index in [1.54, 1.807) is 25.4 Å². The number of esters is 1. The molecule has 1 aromatic rings. The second kappa shape index (κ2) is 14.1. The number of rotatable bonds is 13. The zero-order valence-electron chi connectivity index (χ0n) is 25.2. The molecule has 4 atom stereocenters. The lowest BCUT2D eigenvalue weighted by Gasteiger charge is -2.36. The normalized spacial score (nSPS) is 20.6. The van der Waals surface area contributed by atoms with E-state index < -0.39 is 48.7 Å². The molecule has 1 fully saturated rings. The topological polar surface area (TPSA) is 138 Å². The summed E-state index contributed by atoms with van der Waals surface area (Å²) in [6.45, 7) is 18.6. The van der Waals surface area contributed by atoms with Crippen molar-refractivity contribution in [1.29, 1.82) is 0 Å². The summed E-state index contributed by atoms with van der Waals surface area (Å²) in [6, 6.07) is -0.896. The van der Waals surface area contributed by atoms with Gasteiger partial charge in [0.15, 0.2) is 11.6 Å². The van der Waals surface area contributed by atoms with Crippen LogP contribution in [0.5, 0.6) is 0 Å². The second-order valence-electron chi connectivity index (χ2n) is 12.7. The Kier molecular flexibility index (Phi) is 12.2. The van der Waals surface area contributed by atoms with E-state index in [1.165, 1.54) is 11.8 Å². The first-order chi connectivity index (χ1) is 18.3. The van der Waals surface area contributed by atoms with Crippen molar-refractivity contribution in [3.05, 3.63) is 22.5 Å². The van der Waals surface area contributed by atoms with Gasteiger partial charge in [0.2, 0.25) is 0 Å². The fourth-order valence-corrected chi connectivity index (χ4v) is 6.79. The first kappa shape index (κ1) is 34.7. The minimum absolute atomic E-state index is 0.0275. The van der Waals surface area contributed by atoms with Gasteiger partial charge in [-0.25, -0.2) is 18.9 Å². The molecule has 0 amide bonds. The number of nitrogen functional groups attached to an aromatic ring is 1. The lowest BCUT2D eigenvalue weighted by Crippen LogP contribution is -2.41. The molecule has 0 bridgehead atoms. The Labute approximate surface area is 241 Å². The van der Waals surface area contributed by atoms with Crippen molar-refractivity contribution < 1.29 is 27.7 Å². The first-order valence-electron chi connectivity index (χ1n) is 13.6. The number of ether oxygens (including phenoxy) is 2. The SMILES string of the molecule is CC(C)OC(=O)[C@H](C)NP(=O)(OC[C@@H]1O[C@H](n2cc(F)c(N)nc2=O)CS1)N(CCC(C)(C)C)CCC(C)(C)C. The maximum atomic E-state index is 14.6. The fourth-order valence-electron chi connectivity index (χ4n) is 3.64. The summed E-state index contributed by atoms with van der Waals surface area (Å²) in [5.41, 5.74) is 4.00. The summed E-state index contributed by atoms with van der Waals surface area (Å²) in [5, 5.41) is 2.95. The predicted molar refractivity (Wildman–Crippen MR) is 156 cm³/mol. The fraction of sp³-hybridized carbons (Fsp3) is 0.808. The number of hydrogen-bond donors (Lipinski definition) is 2. The summed E-state index contributed by atoms with van der Waals surface area (Å²) in [6.07, 6.45) is 1.33. The molecule has 11 nitrogen and oxygen atoms in total. The molecule has 0 saturated carbocycles. The van der Waals surface area contributed by atoms with Crippen LogP contribution in [-0.2, 0) is 23.4 Å². The molecule has 0 spiro atoms. The van der Waals surface area contributed by atoms with E-state index in [4.69, 9.17) is 19.7 Å². The molecule has 2 heterocycles. The van der Waals surface area contributed by atoms with E-state index in [2.05, 4.69) is 51.6 Å². The van der Waals surface area contributed by atoms with Crippen molar-refractivity contribution in [2.75, 3.05) is 31.2 Å². The van der Waals surface area contributed by atoms with Crippen molar-refractivity contribution in [2.24, 2.45) is 10.8 Å². The summed E-state index contributed by atoms with van der Waals surface area (Å²) in [5.74, 6) is -1.51. The van der Waals surface area contributed by atoms with Gasteiger partial charge in [0.05, 0.1) is 18.9 Å². The molecule has 1 aromatic heterocycles. The molecule has 2 rings (SSSR count). The van der Waals surface area contributed by atoms with Crippen LogP contribution in [0.15, 0.2) is 11.0 Å². The van der Waals surface area contributed by atoms with E-state index in [1.807, 2.05) is 0 Å². The molecular formula is C26H47FN5O6PS. The van der Waals surface area contributed by atoms with E-state index in [9.17, 15) is 18.5 Å². The Morgan fingerprint density at radius 1 is 1.25 bits per heavy atom. The Morgan fingerprint density at radius 3 is 2.35 bits per heavy atom. The number of nitrogens with zero attached hydrogens (tertiary/aromatic N) is 3. The zero-order valence-corrected chi connectivity index (χ0v) is 26.9. The number of anilines is 1. The molecule has 3 N–H and O–H groups in total. The van der Waals surface area contributed by atoms with Gasteiger partial charge in [-0.05, 0) is 44.4 Å². The maximum Gasteiger partial charge on any atom is 0.351 e. The highest BCUT2D eigenvalue weighted by molar-refractivity contribution is 8.00. The number of thioether (sulfide) groups is 1. The van der Waals surface area contributed by atoms with E-state index in [-0.39, 0.29) is 23.5 Å². The molecule has 40 heavy (non-hydrogen) atoms. The molecule has 1 unspecified atom stereocenters. The standard InChI is InChI=1S/C26H47FN5O6PS/c1-17(2)37-23(33)18(3)30-39(35,31(12-10-25(4,5)6)13-11-26(7,8)9)36-15-21-38-20(16-40-21)32-14-19(27)22(28)29-24(32)34/h14,17-18,20-21H,10-13,15-16H2,1-9H3,(H,30,35)(H2,28,29,34)/t18-,20-,21+,39?/m0/s1. The van der Waals surface area contributed by atoms with Crippen molar-refractivity contribution in [2.45, 2.75) is 99.0 Å². The Morgan fingerprint density at radius 2 is 1.82 bits per heavy atom. The number of hydrogen-bond acceptors (Lipinski definition) is 9. The molecular weight excluding hydrogens is 560 g/mol. The highest BCUT2D eigenvalue weighted by Crippen LogP contribution is 2.50. The van der Waals surface area contributed by atoms with Gasteiger partial charge in [-0.15, -0.1) is 11.8 Å². The lowest BCUT2D eigenvalue weighted by atomic mass is 9.91. The third-order valence-corrected chi connectivity index (χ3v) is 9.49. The lowest BCUT2D eigenvalue weighted by molar-refractivity contribution is -0.149. The van der Waals surface area contributed by atoms with Gasteiger partial charge in [0.1, 0.15) is 17.7 Å². The Hall–Kier alpha value is -1.50. The summed E-state index contributed by atoms with van der Waals surface area (Å²) >= 11 is 1.34. The van der Waals surface area contributed by atoms with Crippen molar-refractivity contribution in [1.82, 2.24) is 19.3 Å². The van der Waals surface area contributed by atoms with Gasteiger partial charge in [-0.3, -0.25) is 13.9 Å². The predicted octanol–water partition coefficient (Wildman–Crippen LogP) is 4.78. The van der Waals surface area contributed by atoms with Gasteiger partial charge in [0.25, 0.3) is 0 Å². The highest BCUT2D eigenvalue weighted by Gasteiger charge is 2.39. The van der Waals surface area contributed by atoms with Gasteiger partial charge in [-0.1, -0.05) is 41.5 Å². The Bertz CT molecular complexity index is 1090. The molecule has 230 valence electrons. The van der Waals surface area contributed by atoms with E-state index >= 15 is 0 Å². The van der Waals surface area contributed by atoms with Crippen LogP contribution in [0.1, 0.15) is 81.4 Å². The number of halogens is 1. The average molecular weight is 608 g/mol. The van der Waals surface area contributed by atoms with Crippen LogP contribution >= 0.6 is 19.4 Å². The average Bonchev–Trinajstić information content (AvgIpc) is 3.27. The van der Waals surface area contributed by atoms with Crippen LogP contribution in [0.25, 0.3) is 0 Å². The molecule has 1 aliphatic heterocycles. The number of nitrogens with one attached hydrogen (secondary N) is 1. The van der Waals surface area contributed by atoms with Crippen LogP contribution in [-0.4, -0.2) is 63.2 Å². The number of carbonyl (C=O) groups is 1. The van der Waals surface area contributed by atoms with E-state index in [0.717, 1.165) is 23.6 Å². The first-order valence-corrected chi connectivity index (χ1v) is 16.2. The highest BCUT2D eigenvalue weighted by atomic mass is 32.2. The molecule has 0 radical (unpaired) electrons. The van der Waals surface area contributed by atoms with E-state index in [0.29, 0.717) is 18.8 Å². The van der Waals surface area contributed by atoms with Crippen molar-refractivity contribution in [3.8, 4) is 0 Å². The van der Waals surface area contributed by atoms with Gasteiger partial charge < -0.3 is 19.7 Å². The number of nitrogens with two attached hydrogens (primary N) is 1. The molecule has 1 aliphatic rings. The van der Waals surface area contributed by atoms with Gasteiger partial charge in [0, 0.05) is 18.8 Å². The smallest absolute Gasteiger partial charge is 0.351 e. The third-order valence-electron chi connectivity index (χ3n) is 6.04. The summed E-state index contributed by atoms with van der Waals surface area (Å²) < 4.78 is 48.7. The van der Waals surface area contributed by atoms with Crippen LogP contribution in [0, 0.1) is 16.6 Å².